The van der Waals surface area contributed by atoms with Crippen molar-refractivity contribution in [3.05, 3.63) is 23.8 Å². The second-order valence-corrected chi connectivity index (χ2v) is 11.1. The molecular formula is C22H33N3O6S. The van der Waals surface area contributed by atoms with E-state index in [-0.39, 0.29) is 43.2 Å². The van der Waals surface area contributed by atoms with Crippen LogP contribution in [0, 0.1) is 11.8 Å². The fourth-order valence-corrected chi connectivity index (χ4v) is 4.12. The molecule has 1 aromatic carbocycles. The van der Waals surface area contributed by atoms with Crippen molar-refractivity contribution in [2.75, 3.05) is 38.3 Å². The Kier molecular flexibility index (Phi) is 7.46. The molecule has 1 aliphatic carbocycles. The van der Waals surface area contributed by atoms with E-state index in [9.17, 15) is 23.1 Å². The SMILES string of the molecule is C[C@H]1CN([C@@H](C)CO)C(=O)Cc2cc(NC(=O)C3CC3)ccc2O[C@@H]1CN(C)S(C)(=O)=O. The first kappa shape index (κ1) is 24.5. The molecule has 3 rings (SSSR count). The van der Waals surface area contributed by atoms with Gasteiger partial charge in [-0.05, 0) is 38.0 Å². The van der Waals surface area contributed by atoms with Gasteiger partial charge in [0.15, 0.2) is 0 Å². The molecule has 0 radical (unpaired) electrons. The number of ether oxygens (including phenoxy) is 1. The maximum absolute atomic E-state index is 13.1. The number of carbonyl (C=O) groups excluding carboxylic acids is 2. The molecule has 3 atom stereocenters. The fourth-order valence-electron chi connectivity index (χ4n) is 3.70. The zero-order valence-electron chi connectivity index (χ0n) is 19.1. The van der Waals surface area contributed by atoms with Crippen LogP contribution < -0.4 is 10.1 Å². The van der Waals surface area contributed by atoms with E-state index >= 15 is 0 Å². The lowest BCUT2D eigenvalue weighted by atomic mass is 10.0. The highest BCUT2D eigenvalue weighted by molar-refractivity contribution is 7.88. The smallest absolute Gasteiger partial charge is 0.227 e. The monoisotopic (exact) mass is 467 g/mol. The number of aliphatic hydroxyl groups excluding tert-OH is 1. The molecule has 0 aromatic heterocycles. The predicted octanol–water partition coefficient (Wildman–Crippen LogP) is 1.08. The number of aliphatic hydroxyl groups is 1. The second-order valence-electron chi connectivity index (χ2n) is 9.02. The first-order valence-corrected chi connectivity index (χ1v) is 12.8. The molecule has 1 aliphatic heterocycles. The van der Waals surface area contributed by atoms with Crippen molar-refractivity contribution in [3.63, 3.8) is 0 Å². The molecule has 0 spiro atoms. The van der Waals surface area contributed by atoms with Crippen LogP contribution >= 0.6 is 0 Å². The molecule has 1 heterocycles. The molecule has 1 fully saturated rings. The summed E-state index contributed by atoms with van der Waals surface area (Å²) in [6, 6.07) is 4.80. The van der Waals surface area contributed by atoms with E-state index in [2.05, 4.69) is 5.32 Å². The number of nitrogens with one attached hydrogen (secondary N) is 1. The van der Waals surface area contributed by atoms with Gasteiger partial charge in [-0.25, -0.2) is 12.7 Å². The van der Waals surface area contributed by atoms with Gasteiger partial charge in [0.2, 0.25) is 21.8 Å². The van der Waals surface area contributed by atoms with Crippen LogP contribution in [0.5, 0.6) is 5.75 Å². The number of likely N-dealkylation sites (N-methyl/N-ethyl adjacent to an activating group) is 1. The Labute approximate surface area is 189 Å². The average Bonchev–Trinajstić information content (AvgIpc) is 3.56. The molecule has 0 unspecified atom stereocenters. The fraction of sp³-hybridized carbons (Fsp3) is 0.636. The van der Waals surface area contributed by atoms with Crippen LogP contribution in [-0.4, -0.2) is 79.7 Å². The number of sulfonamides is 1. The van der Waals surface area contributed by atoms with E-state index in [0.29, 0.717) is 23.5 Å². The summed E-state index contributed by atoms with van der Waals surface area (Å²) in [5.74, 6) is 0.149. The summed E-state index contributed by atoms with van der Waals surface area (Å²) in [6.07, 6.45) is 2.45. The molecule has 9 nitrogen and oxygen atoms in total. The van der Waals surface area contributed by atoms with E-state index in [1.165, 1.54) is 11.4 Å². The minimum Gasteiger partial charge on any atom is -0.488 e. The Hall–Kier alpha value is -2.17. The summed E-state index contributed by atoms with van der Waals surface area (Å²) in [4.78, 5) is 26.9. The summed E-state index contributed by atoms with van der Waals surface area (Å²) in [5.41, 5.74) is 1.20. The quantitative estimate of drug-likeness (QED) is 0.620. The largest absolute Gasteiger partial charge is 0.488 e. The zero-order chi connectivity index (χ0) is 23.6. The molecule has 178 valence electrons. The van der Waals surface area contributed by atoms with Crippen LogP contribution in [0.15, 0.2) is 18.2 Å². The Morgan fingerprint density at radius 2 is 2.06 bits per heavy atom. The van der Waals surface area contributed by atoms with Crippen molar-refractivity contribution in [1.29, 1.82) is 0 Å². The normalized spacial score (nSPS) is 22.9. The number of fused-ring (bicyclic) bond motifs is 1. The van der Waals surface area contributed by atoms with Crippen molar-refractivity contribution in [2.45, 2.75) is 45.3 Å². The van der Waals surface area contributed by atoms with Crippen molar-refractivity contribution in [2.24, 2.45) is 11.8 Å². The zero-order valence-corrected chi connectivity index (χ0v) is 19.9. The molecule has 1 saturated carbocycles. The number of benzene rings is 1. The molecule has 2 N–H and O–H groups in total. The molecule has 0 saturated heterocycles. The summed E-state index contributed by atoms with van der Waals surface area (Å²) in [7, 11) is -1.92. The third-order valence-corrected chi connectivity index (χ3v) is 7.42. The van der Waals surface area contributed by atoms with E-state index in [4.69, 9.17) is 4.74 Å². The number of carbonyl (C=O) groups is 2. The highest BCUT2D eigenvalue weighted by Crippen LogP contribution is 2.32. The summed E-state index contributed by atoms with van der Waals surface area (Å²) < 4.78 is 31.5. The molecule has 1 aromatic rings. The predicted molar refractivity (Wildman–Crippen MR) is 121 cm³/mol. The summed E-state index contributed by atoms with van der Waals surface area (Å²) in [6.45, 7) is 3.93. The van der Waals surface area contributed by atoms with E-state index < -0.39 is 22.2 Å². The minimum atomic E-state index is -3.42. The molecule has 10 heteroatoms. The van der Waals surface area contributed by atoms with Gasteiger partial charge in [0, 0.05) is 36.7 Å². The topological polar surface area (TPSA) is 116 Å². The molecule has 2 aliphatic rings. The van der Waals surface area contributed by atoms with Gasteiger partial charge in [0.1, 0.15) is 11.9 Å². The first-order valence-electron chi connectivity index (χ1n) is 10.9. The van der Waals surface area contributed by atoms with Crippen LogP contribution in [0.4, 0.5) is 5.69 Å². The van der Waals surface area contributed by atoms with Gasteiger partial charge < -0.3 is 20.1 Å². The summed E-state index contributed by atoms with van der Waals surface area (Å²) in [5, 5.41) is 12.6. The number of anilines is 1. The van der Waals surface area contributed by atoms with Crippen LogP contribution in [0.25, 0.3) is 0 Å². The van der Waals surface area contributed by atoms with E-state index in [1.807, 2.05) is 6.92 Å². The van der Waals surface area contributed by atoms with Crippen molar-refractivity contribution in [1.82, 2.24) is 9.21 Å². The molecule has 2 amide bonds. The maximum Gasteiger partial charge on any atom is 0.227 e. The Morgan fingerprint density at radius 3 is 2.66 bits per heavy atom. The van der Waals surface area contributed by atoms with Crippen LogP contribution in [0.2, 0.25) is 0 Å². The number of hydrogen-bond donors (Lipinski definition) is 2. The lowest BCUT2D eigenvalue weighted by molar-refractivity contribution is -0.134. The standard InChI is InChI=1S/C22H33N3O6S/c1-14-11-25(15(2)13-26)21(27)10-17-9-18(23-22(28)16-5-6-16)7-8-19(17)31-20(14)12-24(3)32(4,29)30/h7-9,14-16,20,26H,5-6,10-13H2,1-4H3,(H,23,28)/t14-,15-,20+/m0/s1. The van der Waals surface area contributed by atoms with Gasteiger partial charge in [-0.2, -0.15) is 0 Å². The van der Waals surface area contributed by atoms with Crippen molar-refractivity contribution >= 4 is 27.5 Å². The number of nitrogens with zero attached hydrogens (tertiary/aromatic N) is 2. The average molecular weight is 468 g/mol. The van der Waals surface area contributed by atoms with Crippen LogP contribution in [0.1, 0.15) is 32.3 Å². The summed E-state index contributed by atoms with van der Waals surface area (Å²) >= 11 is 0. The van der Waals surface area contributed by atoms with Gasteiger partial charge in [-0.3, -0.25) is 9.59 Å². The highest BCUT2D eigenvalue weighted by Gasteiger charge is 2.33. The first-order chi connectivity index (χ1) is 15.0. The highest BCUT2D eigenvalue weighted by atomic mass is 32.2. The Bertz CT molecular complexity index is 962. The van der Waals surface area contributed by atoms with Gasteiger partial charge in [0.05, 0.1) is 31.9 Å². The minimum absolute atomic E-state index is 0.0305. The molecular weight excluding hydrogens is 434 g/mol. The van der Waals surface area contributed by atoms with Gasteiger partial charge in [0.25, 0.3) is 0 Å². The number of amides is 2. The lowest BCUT2D eigenvalue weighted by Gasteiger charge is -2.33. The van der Waals surface area contributed by atoms with Crippen molar-refractivity contribution < 1.29 is 27.9 Å². The third kappa shape index (κ3) is 5.99. The van der Waals surface area contributed by atoms with Crippen molar-refractivity contribution in [3.8, 4) is 5.75 Å². The number of hydrogen-bond acceptors (Lipinski definition) is 6. The Balaban J connectivity index is 1.94. The van der Waals surface area contributed by atoms with Gasteiger partial charge >= 0.3 is 0 Å². The lowest BCUT2D eigenvalue weighted by Crippen LogP contribution is -2.48. The second kappa shape index (κ2) is 9.76. The van der Waals surface area contributed by atoms with Gasteiger partial charge in [-0.15, -0.1) is 0 Å². The number of rotatable bonds is 7. The van der Waals surface area contributed by atoms with E-state index in [0.717, 1.165) is 19.1 Å². The van der Waals surface area contributed by atoms with Crippen LogP contribution in [-0.2, 0) is 26.0 Å². The molecule has 0 bridgehead atoms. The van der Waals surface area contributed by atoms with Gasteiger partial charge in [-0.1, -0.05) is 6.92 Å². The Morgan fingerprint density at radius 1 is 1.38 bits per heavy atom. The molecule has 32 heavy (non-hydrogen) atoms. The maximum atomic E-state index is 13.1. The van der Waals surface area contributed by atoms with E-state index in [1.54, 1.807) is 30.0 Å². The third-order valence-electron chi connectivity index (χ3n) is 6.14. The van der Waals surface area contributed by atoms with Crippen LogP contribution in [0.3, 0.4) is 0 Å².